The van der Waals surface area contributed by atoms with Crippen LogP contribution >= 0.6 is 0 Å². The van der Waals surface area contributed by atoms with E-state index in [4.69, 9.17) is 5.73 Å². The molecule has 1 aliphatic rings. The van der Waals surface area contributed by atoms with Crippen molar-refractivity contribution in [2.24, 2.45) is 17.1 Å². The molecule has 1 rings (SSSR count). The molecule has 3 atom stereocenters. The van der Waals surface area contributed by atoms with Crippen molar-refractivity contribution in [2.75, 3.05) is 6.54 Å². The van der Waals surface area contributed by atoms with Gasteiger partial charge in [0, 0.05) is 18.5 Å². The molecule has 0 aromatic heterocycles. The van der Waals surface area contributed by atoms with E-state index >= 15 is 0 Å². The lowest BCUT2D eigenvalue weighted by Gasteiger charge is -2.29. The Morgan fingerprint density at radius 1 is 1.59 bits per heavy atom. The number of aliphatic carboxylic acids is 1. The highest BCUT2D eigenvalue weighted by Gasteiger charge is 2.46. The Hall–Kier alpha value is -1.10. The molecule has 0 aliphatic heterocycles. The van der Waals surface area contributed by atoms with Gasteiger partial charge >= 0.3 is 5.97 Å². The summed E-state index contributed by atoms with van der Waals surface area (Å²) in [6.45, 7) is 3.91. The Bertz CT molecular complexity index is 302. The highest BCUT2D eigenvalue weighted by atomic mass is 16.4. The van der Waals surface area contributed by atoms with Crippen LogP contribution in [0.3, 0.4) is 0 Å². The van der Waals surface area contributed by atoms with E-state index in [0.29, 0.717) is 19.4 Å². The van der Waals surface area contributed by atoms with Crippen molar-refractivity contribution >= 4 is 11.9 Å². The van der Waals surface area contributed by atoms with Gasteiger partial charge < -0.3 is 16.2 Å². The van der Waals surface area contributed by atoms with Crippen molar-refractivity contribution in [3.8, 4) is 0 Å². The van der Waals surface area contributed by atoms with E-state index in [9.17, 15) is 14.7 Å². The molecule has 0 aromatic rings. The largest absolute Gasteiger partial charge is 0.481 e. The topological polar surface area (TPSA) is 92.4 Å². The number of carbonyl (C=O) groups is 2. The summed E-state index contributed by atoms with van der Waals surface area (Å²) in [7, 11) is 0. The van der Waals surface area contributed by atoms with E-state index in [1.165, 1.54) is 0 Å². The Labute approximate surface area is 102 Å². The third-order valence-corrected chi connectivity index (χ3v) is 3.91. The molecule has 1 saturated carbocycles. The molecule has 4 N–H and O–H groups in total. The third-order valence-electron chi connectivity index (χ3n) is 3.91. The average molecular weight is 242 g/mol. The zero-order valence-electron chi connectivity index (χ0n) is 10.5. The van der Waals surface area contributed by atoms with E-state index in [2.05, 4.69) is 5.32 Å². The minimum atomic E-state index is -0.832. The maximum Gasteiger partial charge on any atom is 0.311 e. The highest BCUT2D eigenvalue weighted by Crippen LogP contribution is 2.38. The van der Waals surface area contributed by atoms with E-state index < -0.39 is 11.4 Å². The van der Waals surface area contributed by atoms with Crippen LogP contribution in [0.15, 0.2) is 0 Å². The summed E-state index contributed by atoms with van der Waals surface area (Å²) in [6, 6.07) is -0.270. The number of rotatable bonds is 5. The lowest BCUT2D eigenvalue weighted by Crippen LogP contribution is -2.49. The first-order valence-electron chi connectivity index (χ1n) is 6.19. The predicted molar refractivity (Wildman–Crippen MR) is 64.4 cm³/mol. The monoisotopic (exact) mass is 242 g/mol. The molecule has 3 unspecified atom stereocenters. The molecule has 98 valence electrons. The molecule has 5 heteroatoms. The first-order chi connectivity index (χ1) is 7.95. The Balaban J connectivity index is 2.68. The second kappa shape index (κ2) is 5.49. The SMILES string of the molecule is CCC(CN)C(=O)NC1CCCC1(C)C(=O)O. The number of hydrogen-bond acceptors (Lipinski definition) is 3. The van der Waals surface area contributed by atoms with Crippen LogP contribution in [0.1, 0.15) is 39.5 Å². The van der Waals surface area contributed by atoms with Crippen molar-refractivity contribution in [1.82, 2.24) is 5.32 Å². The molecule has 0 saturated heterocycles. The van der Waals surface area contributed by atoms with Gasteiger partial charge in [-0.25, -0.2) is 0 Å². The summed E-state index contributed by atoms with van der Waals surface area (Å²) in [6.07, 6.45) is 2.87. The second-order valence-electron chi connectivity index (χ2n) is 5.02. The first kappa shape index (κ1) is 14.0. The fourth-order valence-electron chi connectivity index (χ4n) is 2.40. The second-order valence-corrected chi connectivity index (χ2v) is 5.02. The molecule has 0 radical (unpaired) electrons. The van der Waals surface area contributed by atoms with Gasteiger partial charge in [-0.05, 0) is 26.2 Å². The zero-order valence-corrected chi connectivity index (χ0v) is 10.5. The predicted octanol–water partition coefficient (Wildman–Crippen LogP) is 0.731. The maximum atomic E-state index is 11.9. The molecule has 0 bridgehead atoms. The van der Waals surface area contributed by atoms with E-state index in [1.807, 2.05) is 6.92 Å². The van der Waals surface area contributed by atoms with Crippen LogP contribution in [0.25, 0.3) is 0 Å². The molecule has 0 spiro atoms. The van der Waals surface area contributed by atoms with Crippen molar-refractivity contribution in [3.05, 3.63) is 0 Å². The molecular formula is C12H22N2O3. The van der Waals surface area contributed by atoms with Crippen molar-refractivity contribution in [3.63, 3.8) is 0 Å². The quantitative estimate of drug-likeness (QED) is 0.662. The van der Waals surface area contributed by atoms with Crippen LogP contribution < -0.4 is 11.1 Å². The minimum absolute atomic E-state index is 0.116. The van der Waals surface area contributed by atoms with Crippen molar-refractivity contribution in [2.45, 2.75) is 45.6 Å². The molecule has 0 aromatic carbocycles. The Morgan fingerprint density at radius 3 is 2.71 bits per heavy atom. The van der Waals surface area contributed by atoms with Crippen molar-refractivity contribution < 1.29 is 14.7 Å². The molecule has 1 aliphatic carbocycles. The summed E-state index contributed by atoms with van der Waals surface area (Å²) in [5.74, 6) is -1.16. The molecule has 5 nitrogen and oxygen atoms in total. The first-order valence-corrected chi connectivity index (χ1v) is 6.19. The molecule has 17 heavy (non-hydrogen) atoms. The molecular weight excluding hydrogens is 220 g/mol. The zero-order chi connectivity index (χ0) is 13.1. The van der Waals surface area contributed by atoms with Gasteiger partial charge in [-0.3, -0.25) is 9.59 Å². The Morgan fingerprint density at radius 2 is 2.24 bits per heavy atom. The van der Waals surface area contributed by atoms with Crippen LogP contribution in [0.4, 0.5) is 0 Å². The van der Waals surface area contributed by atoms with E-state index in [0.717, 1.165) is 12.8 Å². The number of nitrogens with two attached hydrogens (primary N) is 1. The number of carboxylic acid groups (broad SMARTS) is 1. The van der Waals surface area contributed by atoms with Crippen molar-refractivity contribution in [1.29, 1.82) is 0 Å². The average Bonchev–Trinajstić information content (AvgIpc) is 2.63. The minimum Gasteiger partial charge on any atom is -0.481 e. The van der Waals surface area contributed by atoms with Gasteiger partial charge in [-0.2, -0.15) is 0 Å². The number of hydrogen-bond donors (Lipinski definition) is 3. The number of amides is 1. The molecule has 1 amide bonds. The summed E-state index contributed by atoms with van der Waals surface area (Å²) in [4.78, 5) is 23.1. The summed E-state index contributed by atoms with van der Waals surface area (Å²) >= 11 is 0. The van der Waals surface area contributed by atoms with Gasteiger partial charge in [-0.15, -0.1) is 0 Å². The van der Waals surface area contributed by atoms with Gasteiger partial charge in [0.25, 0.3) is 0 Å². The normalized spacial score (nSPS) is 29.9. The summed E-state index contributed by atoms with van der Waals surface area (Å²) in [5.41, 5.74) is 4.68. The third kappa shape index (κ3) is 2.77. The fourth-order valence-corrected chi connectivity index (χ4v) is 2.40. The molecule has 0 heterocycles. The van der Waals surface area contributed by atoms with Crippen LogP contribution in [0.2, 0.25) is 0 Å². The van der Waals surface area contributed by atoms with Gasteiger partial charge in [-0.1, -0.05) is 13.3 Å². The number of carboxylic acids is 1. The number of nitrogens with one attached hydrogen (secondary N) is 1. The highest BCUT2D eigenvalue weighted by molar-refractivity contribution is 5.81. The van der Waals surface area contributed by atoms with Gasteiger partial charge in [0.2, 0.25) is 5.91 Å². The smallest absolute Gasteiger partial charge is 0.311 e. The number of carbonyl (C=O) groups excluding carboxylic acids is 1. The van der Waals surface area contributed by atoms with E-state index in [1.54, 1.807) is 6.92 Å². The van der Waals surface area contributed by atoms with Crippen LogP contribution in [0, 0.1) is 11.3 Å². The van der Waals surface area contributed by atoms with Gasteiger partial charge in [0.15, 0.2) is 0 Å². The van der Waals surface area contributed by atoms with E-state index in [-0.39, 0.29) is 17.9 Å². The van der Waals surface area contributed by atoms with Gasteiger partial charge in [0.05, 0.1) is 5.41 Å². The van der Waals surface area contributed by atoms with Crippen LogP contribution in [0.5, 0.6) is 0 Å². The lowest BCUT2D eigenvalue weighted by molar-refractivity contribution is -0.149. The summed E-state index contributed by atoms with van der Waals surface area (Å²) < 4.78 is 0. The van der Waals surface area contributed by atoms with Crippen LogP contribution in [-0.4, -0.2) is 29.6 Å². The Kier molecular flexibility index (Phi) is 4.51. The standard InChI is InChI=1S/C12H22N2O3/c1-3-8(7-13)10(15)14-9-5-4-6-12(9,2)11(16)17/h8-9H,3-7,13H2,1-2H3,(H,14,15)(H,16,17). The fraction of sp³-hybridized carbons (Fsp3) is 0.833. The molecule has 1 fully saturated rings. The lowest BCUT2D eigenvalue weighted by atomic mass is 9.84. The van der Waals surface area contributed by atoms with Gasteiger partial charge in [0.1, 0.15) is 0 Å². The summed E-state index contributed by atoms with van der Waals surface area (Å²) in [5, 5.41) is 12.1. The van der Waals surface area contributed by atoms with Crippen LogP contribution in [-0.2, 0) is 9.59 Å². The maximum absolute atomic E-state index is 11.9.